The van der Waals surface area contributed by atoms with Gasteiger partial charge < -0.3 is 29.0 Å². The predicted molar refractivity (Wildman–Crippen MR) is 127 cm³/mol. The Morgan fingerprint density at radius 1 is 0.971 bits per heavy atom. The zero-order valence-corrected chi connectivity index (χ0v) is 19.6. The van der Waals surface area contributed by atoms with Gasteiger partial charge in [0, 0.05) is 31.7 Å². The van der Waals surface area contributed by atoms with E-state index in [4.69, 9.17) is 18.9 Å². The number of ether oxygens (including phenoxy) is 4. The van der Waals surface area contributed by atoms with E-state index in [0.29, 0.717) is 67.9 Å². The first kappa shape index (κ1) is 23.2. The summed E-state index contributed by atoms with van der Waals surface area (Å²) in [5.41, 5.74) is 1.16. The van der Waals surface area contributed by atoms with Crippen LogP contribution in [0.15, 0.2) is 48.0 Å². The molecule has 3 heterocycles. The van der Waals surface area contributed by atoms with E-state index in [9.17, 15) is 14.7 Å². The summed E-state index contributed by atoms with van der Waals surface area (Å²) >= 11 is 0. The number of nitrogens with zero attached hydrogens (tertiary/aromatic N) is 2. The van der Waals surface area contributed by atoms with Crippen molar-refractivity contribution in [2.24, 2.45) is 0 Å². The van der Waals surface area contributed by atoms with Crippen LogP contribution in [0.4, 0.5) is 0 Å². The van der Waals surface area contributed by atoms with Crippen molar-refractivity contribution in [2.45, 2.75) is 6.04 Å². The van der Waals surface area contributed by atoms with E-state index < -0.39 is 17.7 Å². The summed E-state index contributed by atoms with van der Waals surface area (Å²) in [6.45, 7) is 4.63. The molecule has 1 atom stereocenters. The number of hydrogen-bond donors (Lipinski definition) is 1. The van der Waals surface area contributed by atoms with Gasteiger partial charge in [0.2, 0.25) is 0 Å². The van der Waals surface area contributed by atoms with Gasteiger partial charge in [-0.1, -0.05) is 12.1 Å². The molecule has 2 aromatic rings. The van der Waals surface area contributed by atoms with E-state index in [-0.39, 0.29) is 11.3 Å². The second kappa shape index (κ2) is 9.97. The molecule has 0 radical (unpaired) electrons. The Bertz CT molecular complexity index is 1140. The number of aliphatic hydroxyl groups excluding tert-OH is 1. The Balaban J connectivity index is 1.53. The van der Waals surface area contributed by atoms with Gasteiger partial charge in [0.05, 0.1) is 31.9 Å². The Labute approximate surface area is 203 Å². The van der Waals surface area contributed by atoms with Gasteiger partial charge in [-0.2, -0.15) is 0 Å². The number of amides is 1. The lowest BCUT2D eigenvalue weighted by Gasteiger charge is -2.31. The van der Waals surface area contributed by atoms with Crippen LogP contribution in [0.1, 0.15) is 17.2 Å². The quantitative estimate of drug-likeness (QED) is 0.382. The zero-order valence-electron chi connectivity index (χ0n) is 19.6. The lowest BCUT2D eigenvalue weighted by atomic mass is 9.95. The van der Waals surface area contributed by atoms with Crippen LogP contribution < -0.4 is 14.2 Å². The van der Waals surface area contributed by atoms with Gasteiger partial charge in [0.15, 0.2) is 11.5 Å². The molecule has 0 aromatic heterocycles. The van der Waals surface area contributed by atoms with E-state index in [1.807, 2.05) is 12.1 Å². The third-order valence-corrected chi connectivity index (χ3v) is 6.55. The minimum Gasteiger partial charge on any atom is -0.507 e. The molecule has 3 aliphatic rings. The van der Waals surface area contributed by atoms with Crippen LogP contribution in [0.25, 0.3) is 5.76 Å². The fourth-order valence-corrected chi connectivity index (χ4v) is 4.66. The van der Waals surface area contributed by atoms with E-state index in [2.05, 4.69) is 4.90 Å². The van der Waals surface area contributed by atoms with Gasteiger partial charge in [-0.3, -0.25) is 14.5 Å². The summed E-state index contributed by atoms with van der Waals surface area (Å²) in [6.07, 6.45) is 0. The predicted octanol–water partition coefficient (Wildman–Crippen LogP) is 2.22. The molecule has 1 amide bonds. The molecular formula is C26H28N2O7. The molecule has 1 unspecified atom stereocenters. The molecule has 2 aromatic carbocycles. The molecule has 1 N–H and O–H groups in total. The standard InChI is InChI=1S/C26H28N2O7/c1-32-19-5-2-17(3-6-19)23-22(24(29)18-4-7-20-21(16-18)35-15-14-34-20)25(30)26(31)28(23)9-8-27-10-12-33-13-11-27/h2-7,16,23,29H,8-15H2,1H3. The molecule has 9 heteroatoms. The van der Waals surface area contributed by atoms with Crippen molar-refractivity contribution >= 4 is 17.4 Å². The minimum absolute atomic E-state index is 0.0545. The Kier molecular flexibility index (Phi) is 6.61. The van der Waals surface area contributed by atoms with Crippen LogP contribution in [0.2, 0.25) is 0 Å². The van der Waals surface area contributed by atoms with E-state index in [0.717, 1.165) is 13.1 Å². The second-order valence-electron chi connectivity index (χ2n) is 8.58. The molecule has 5 rings (SSSR count). The maximum absolute atomic E-state index is 13.3. The summed E-state index contributed by atoms with van der Waals surface area (Å²) in [7, 11) is 1.57. The number of morpholine rings is 1. The van der Waals surface area contributed by atoms with Crippen molar-refractivity contribution in [3.8, 4) is 17.2 Å². The highest BCUT2D eigenvalue weighted by atomic mass is 16.6. The summed E-state index contributed by atoms with van der Waals surface area (Å²) in [5, 5.41) is 11.3. The molecule has 3 aliphatic heterocycles. The summed E-state index contributed by atoms with van der Waals surface area (Å²) in [5.74, 6) is 0.146. The molecular weight excluding hydrogens is 452 g/mol. The van der Waals surface area contributed by atoms with E-state index >= 15 is 0 Å². The van der Waals surface area contributed by atoms with Crippen molar-refractivity contribution < 1.29 is 33.6 Å². The van der Waals surface area contributed by atoms with Crippen molar-refractivity contribution in [1.29, 1.82) is 0 Å². The lowest BCUT2D eigenvalue weighted by Crippen LogP contribution is -2.42. The first-order chi connectivity index (χ1) is 17.1. The molecule has 0 bridgehead atoms. The Morgan fingerprint density at radius 3 is 2.40 bits per heavy atom. The number of fused-ring (bicyclic) bond motifs is 1. The van der Waals surface area contributed by atoms with E-state index in [1.165, 1.54) is 0 Å². The second-order valence-corrected chi connectivity index (χ2v) is 8.58. The number of Topliss-reactive ketones (excluding diaryl/α,β-unsaturated/α-hetero) is 1. The highest BCUT2D eigenvalue weighted by Crippen LogP contribution is 2.41. The van der Waals surface area contributed by atoms with E-state index in [1.54, 1.807) is 42.3 Å². The fourth-order valence-electron chi connectivity index (χ4n) is 4.66. The van der Waals surface area contributed by atoms with Crippen LogP contribution in [0.5, 0.6) is 17.2 Å². The minimum atomic E-state index is -0.727. The number of methoxy groups -OCH3 is 1. The first-order valence-electron chi connectivity index (χ1n) is 11.7. The Morgan fingerprint density at radius 2 is 1.69 bits per heavy atom. The molecule has 35 heavy (non-hydrogen) atoms. The SMILES string of the molecule is COc1ccc(C2C(=C(O)c3ccc4c(c3)OCCO4)C(=O)C(=O)N2CCN2CCOCC2)cc1. The van der Waals surface area contributed by atoms with Crippen molar-refractivity contribution in [3.63, 3.8) is 0 Å². The lowest BCUT2D eigenvalue weighted by molar-refractivity contribution is -0.140. The molecule has 184 valence electrons. The van der Waals surface area contributed by atoms with Crippen molar-refractivity contribution in [1.82, 2.24) is 9.80 Å². The Hall–Kier alpha value is -3.56. The molecule has 0 spiro atoms. The number of carbonyl (C=O) groups excluding carboxylic acids is 2. The van der Waals surface area contributed by atoms with Crippen molar-refractivity contribution in [3.05, 3.63) is 59.2 Å². The number of hydrogen-bond acceptors (Lipinski definition) is 8. The van der Waals surface area contributed by atoms with Gasteiger partial charge in [-0.25, -0.2) is 0 Å². The average Bonchev–Trinajstić information content (AvgIpc) is 3.16. The largest absolute Gasteiger partial charge is 0.507 e. The molecule has 0 saturated carbocycles. The number of benzene rings is 2. The first-order valence-corrected chi connectivity index (χ1v) is 11.7. The third-order valence-electron chi connectivity index (χ3n) is 6.55. The number of likely N-dealkylation sites (tertiary alicyclic amines) is 1. The normalized spacial score (nSPS) is 21.9. The highest BCUT2D eigenvalue weighted by Gasteiger charge is 2.46. The molecule has 2 saturated heterocycles. The van der Waals surface area contributed by atoms with Gasteiger partial charge in [0.25, 0.3) is 11.7 Å². The number of aliphatic hydroxyl groups is 1. The van der Waals surface area contributed by atoms with Crippen LogP contribution in [-0.2, 0) is 14.3 Å². The van der Waals surface area contributed by atoms with Crippen LogP contribution in [-0.4, -0.2) is 86.3 Å². The molecule has 9 nitrogen and oxygen atoms in total. The van der Waals surface area contributed by atoms with Gasteiger partial charge in [-0.15, -0.1) is 0 Å². The van der Waals surface area contributed by atoms with Gasteiger partial charge >= 0.3 is 0 Å². The summed E-state index contributed by atoms with van der Waals surface area (Å²) in [6, 6.07) is 11.5. The summed E-state index contributed by atoms with van der Waals surface area (Å²) in [4.78, 5) is 30.2. The third kappa shape index (κ3) is 4.56. The van der Waals surface area contributed by atoms with Gasteiger partial charge in [-0.05, 0) is 35.9 Å². The number of ketones is 1. The summed E-state index contributed by atoms with van der Waals surface area (Å²) < 4.78 is 21.9. The number of rotatable bonds is 6. The molecule has 0 aliphatic carbocycles. The fraction of sp³-hybridized carbons (Fsp3) is 0.385. The van der Waals surface area contributed by atoms with Crippen molar-refractivity contribution in [2.75, 3.05) is 59.7 Å². The molecule has 2 fully saturated rings. The smallest absolute Gasteiger partial charge is 0.295 e. The van der Waals surface area contributed by atoms with Gasteiger partial charge in [0.1, 0.15) is 24.7 Å². The maximum Gasteiger partial charge on any atom is 0.295 e. The zero-order chi connectivity index (χ0) is 24.4. The maximum atomic E-state index is 13.3. The highest BCUT2D eigenvalue weighted by molar-refractivity contribution is 6.46. The topological polar surface area (TPSA) is 97.8 Å². The monoisotopic (exact) mass is 480 g/mol. The average molecular weight is 481 g/mol. The van der Waals surface area contributed by atoms with Crippen LogP contribution >= 0.6 is 0 Å². The van der Waals surface area contributed by atoms with Crippen LogP contribution in [0.3, 0.4) is 0 Å². The number of carbonyl (C=O) groups is 2. The van der Waals surface area contributed by atoms with Crippen LogP contribution in [0, 0.1) is 0 Å².